The van der Waals surface area contributed by atoms with Gasteiger partial charge in [0.2, 0.25) is 0 Å². The van der Waals surface area contributed by atoms with Crippen LogP contribution in [0.25, 0.3) is 0 Å². The second-order valence-corrected chi connectivity index (χ2v) is 3.54. The van der Waals surface area contributed by atoms with Crippen molar-refractivity contribution in [3.63, 3.8) is 0 Å². The Morgan fingerprint density at radius 1 is 1.35 bits per heavy atom. The van der Waals surface area contributed by atoms with Crippen molar-refractivity contribution in [1.29, 1.82) is 0 Å². The van der Waals surface area contributed by atoms with E-state index in [-0.39, 0.29) is 5.56 Å². The number of alkyl halides is 3. The number of aliphatic carboxylic acids is 1. The number of hydrogen-bond acceptors (Lipinski definition) is 2. The second kappa shape index (κ2) is 5.18. The Bertz CT molecular complexity index is 384. The summed E-state index contributed by atoms with van der Waals surface area (Å²) in [6.45, 7) is 0.753. The molecule has 0 radical (unpaired) electrons. The molecule has 0 saturated heterocycles. The Hall–Kier alpha value is -1.56. The van der Waals surface area contributed by atoms with Crippen LogP contribution in [0.4, 0.5) is 13.2 Å². The average Bonchev–Trinajstić information content (AvgIpc) is 2.18. The third kappa shape index (κ3) is 4.07. The van der Waals surface area contributed by atoms with Gasteiger partial charge in [-0.25, -0.2) is 4.79 Å². The van der Waals surface area contributed by atoms with E-state index in [4.69, 9.17) is 5.11 Å². The summed E-state index contributed by atoms with van der Waals surface area (Å²) in [5.74, 6) is -1.44. The maximum Gasteiger partial charge on any atom is 0.418 e. The predicted octanol–water partition coefficient (Wildman–Crippen LogP) is 2.70. The van der Waals surface area contributed by atoms with Crippen LogP contribution in [0.15, 0.2) is 24.3 Å². The largest absolute Gasteiger partial charge is 0.480 e. The monoisotopic (exact) mass is 248 g/mol. The zero-order valence-corrected chi connectivity index (χ0v) is 8.99. The Kier molecular flexibility index (Phi) is 4.11. The van der Waals surface area contributed by atoms with Gasteiger partial charge in [0.15, 0.2) is 6.10 Å². The molecule has 0 fully saturated rings. The maximum absolute atomic E-state index is 12.6. The number of ether oxygens (including phenoxy) is 1. The molecule has 1 aromatic rings. The number of aryl methyl sites for hydroxylation is 1. The highest BCUT2D eigenvalue weighted by Gasteiger charge is 2.42. The molecule has 1 atom stereocenters. The fraction of sp³-hybridized carbons (Fsp3) is 0.364. The van der Waals surface area contributed by atoms with Crippen LogP contribution in [-0.4, -0.2) is 23.9 Å². The Balaban J connectivity index is 2.90. The molecule has 94 valence electrons. The summed E-state index contributed by atoms with van der Waals surface area (Å²) in [6, 6.07) is 5.57. The minimum absolute atomic E-state index is 0.107. The summed E-state index contributed by atoms with van der Waals surface area (Å²) >= 11 is 0. The summed E-state index contributed by atoms with van der Waals surface area (Å²) < 4.78 is 42.3. The van der Waals surface area contributed by atoms with Crippen LogP contribution in [0, 0.1) is 6.92 Å². The third-order valence-electron chi connectivity index (χ3n) is 2.05. The summed E-state index contributed by atoms with van der Waals surface area (Å²) in [7, 11) is 0. The van der Waals surface area contributed by atoms with E-state index in [1.54, 1.807) is 6.92 Å². The van der Waals surface area contributed by atoms with Crippen molar-refractivity contribution in [3.8, 4) is 0 Å². The topological polar surface area (TPSA) is 46.5 Å². The third-order valence-corrected chi connectivity index (χ3v) is 2.05. The van der Waals surface area contributed by atoms with E-state index in [0.717, 1.165) is 5.56 Å². The van der Waals surface area contributed by atoms with Crippen molar-refractivity contribution in [2.24, 2.45) is 0 Å². The Morgan fingerprint density at radius 3 is 2.29 bits per heavy atom. The normalized spacial score (nSPS) is 13.4. The van der Waals surface area contributed by atoms with E-state index in [1.807, 2.05) is 0 Å². The molecule has 0 aromatic heterocycles. The van der Waals surface area contributed by atoms with E-state index in [0.29, 0.717) is 0 Å². The maximum atomic E-state index is 12.6. The second-order valence-electron chi connectivity index (χ2n) is 3.54. The van der Waals surface area contributed by atoms with Crippen LogP contribution < -0.4 is 0 Å². The molecule has 0 aliphatic rings. The van der Waals surface area contributed by atoms with E-state index >= 15 is 0 Å². The SMILES string of the molecule is Cc1ccc(C(OCC(=O)O)C(F)(F)F)cc1. The average molecular weight is 248 g/mol. The van der Waals surface area contributed by atoms with Crippen molar-refractivity contribution in [2.75, 3.05) is 6.61 Å². The fourth-order valence-electron chi connectivity index (χ4n) is 1.28. The number of carbonyl (C=O) groups is 1. The van der Waals surface area contributed by atoms with Gasteiger partial charge in [-0.15, -0.1) is 0 Å². The first-order valence-electron chi connectivity index (χ1n) is 4.77. The van der Waals surface area contributed by atoms with Gasteiger partial charge >= 0.3 is 12.1 Å². The van der Waals surface area contributed by atoms with Gasteiger partial charge in [0.05, 0.1) is 0 Å². The molecule has 0 amide bonds. The summed E-state index contributed by atoms with van der Waals surface area (Å²) in [5, 5.41) is 8.33. The molecule has 0 aliphatic carbocycles. The highest BCUT2D eigenvalue weighted by molar-refractivity contribution is 5.68. The molecular formula is C11H11F3O3. The molecule has 1 unspecified atom stereocenters. The van der Waals surface area contributed by atoms with Gasteiger partial charge < -0.3 is 9.84 Å². The molecule has 0 heterocycles. The zero-order valence-electron chi connectivity index (χ0n) is 8.99. The number of benzene rings is 1. The lowest BCUT2D eigenvalue weighted by atomic mass is 10.1. The standard InChI is InChI=1S/C11H11F3O3/c1-7-2-4-8(5-3-7)10(11(12,13)14)17-6-9(15)16/h2-5,10H,6H2,1H3,(H,15,16). The minimum atomic E-state index is -4.63. The van der Waals surface area contributed by atoms with Gasteiger partial charge in [-0.3, -0.25) is 0 Å². The van der Waals surface area contributed by atoms with Crippen molar-refractivity contribution < 1.29 is 27.8 Å². The lowest BCUT2D eigenvalue weighted by Gasteiger charge is -2.20. The molecule has 6 heteroatoms. The van der Waals surface area contributed by atoms with Crippen molar-refractivity contribution in [3.05, 3.63) is 35.4 Å². The first-order valence-corrected chi connectivity index (χ1v) is 4.77. The number of rotatable bonds is 4. The first-order chi connectivity index (χ1) is 7.80. The van der Waals surface area contributed by atoms with Gasteiger partial charge in [0.1, 0.15) is 6.61 Å². The lowest BCUT2D eigenvalue weighted by molar-refractivity contribution is -0.225. The molecule has 17 heavy (non-hydrogen) atoms. The van der Waals surface area contributed by atoms with E-state index in [9.17, 15) is 18.0 Å². The quantitative estimate of drug-likeness (QED) is 0.891. The summed E-state index contributed by atoms with van der Waals surface area (Å²) in [6.07, 6.45) is -6.84. The van der Waals surface area contributed by atoms with Crippen LogP contribution in [0.1, 0.15) is 17.2 Å². The molecule has 0 saturated carbocycles. The molecule has 0 aliphatic heterocycles. The van der Waals surface area contributed by atoms with Gasteiger partial charge in [-0.05, 0) is 12.5 Å². The number of hydrogen-bond donors (Lipinski definition) is 1. The zero-order chi connectivity index (χ0) is 13.1. The number of carboxylic acid groups (broad SMARTS) is 1. The van der Waals surface area contributed by atoms with Gasteiger partial charge in [-0.2, -0.15) is 13.2 Å². The summed E-state index contributed by atoms with van der Waals surface area (Å²) in [5.41, 5.74) is 0.706. The smallest absolute Gasteiger partial charge is 0.418 e. The first kappa shape index (κ1) is 13.5. The molecular weight excluding hydrogens is 237 g/mol. The van der Waals surface area contributed by atoms with Gasteiger partial charge in [-0.1, -0.05) is 29.8 Å². The van der Waals surface area contributed by atoms with Gasteiger partial charge in [0, 0.05) is 0 Å². The molecule has 3 nitrogen and oxygen atoms in total. The van der Waals surface area contributed by atoms with Crippen LogP contribution in [0.5, 0.6) is 0 Å². The van der Waals surface area contributed by atoms with Crippen LogP contribution >= 0.6 is 0 Å². The molecule has 1 N–H and O–H groups in total. The molecule has 0 spiro atoms. The molecule has 1 rings (SSSR count). The Morgan fingerprint density at radius 2 is 1.88 bits per heavy atom. The van der Waals surface area contributed by atoms with Crippen LogP contribution in [-0.2, 0) is 9.53 Å². The van der Waals surface area contributed by atoms with E-state index in [1.165, 1.54) is 24.3 Å². The summed E-state index contributed by atoms with van der Waals surface area (Å²) in [4.78, 5) is 10.2. The lowest BCUT2D eigenvalue weighted by Crippen LogP contribution is -2.25. The van der Waals surface area contributed by atoms with Crippen molar-refractivity contribution >= 4 is 5.97 Å². The highest BCUT2D eigenvalue weighted by Crippen LogP contribution is 2.35. The van der Waals surface area contributed by atoms with Crippen molar-refractivity contribution in [1.82, 2.24) is 0 Å². The van der Waals surface area contributed by atoms with E-state index < -0.39 is 24.9 Å². The highest BCUT2D eigenvalue weighted by atomic mass is 19.4. The fourth-order valence-corrected chi connectivity index (χ4v) is 1.28. The Labute approximate surface area is 95.8 Å². The van der Waals surface area contributed by atoms with Gasteiger partial charge in [0.25, 0.3) is 0 Å². The predicted molar refractivity (Wildman–Crippen MR) is 53.6 cm³/mol. The van der Waals surface area contributed by atoms with Crippen molar-refractivity contribution in [2.45, 2.75) is 19.2 Å². The minimum Gasteiger partial charge on any atom is -0.480 e. The molecule has 0 bridgehead atoms. The number of carboxylic acids is 1. The molecule has 1 aromatic carbocycles. The number of halogens is 3. The van der Waals surface area contributed by atoms with E-state index in [2.05, 4.69) is 4.74 Å². The van der Waals surface area contributed by atoms with Crippen LogP contribution in [0.3, 0.4) is 0 Å². The van der Waals surface area contributed by atoms with Crippen LogP contribution in [0.2, 0.25) is 0 Å².